The van der Waals surface area contributed by atoms with Gasteiger partial charge in [-0.3, -0.25) is 0 Å². The van der Waals surface area contributed by atoms with Crippen molar-refractivity contribution in [3.63, 3.8) is 0 Å². The molecular formula is C40H62O17. The Bertz CT molecular complexity index is 1500. The molecule has 0 bridgehead atoms. The summed E-state index contributed by atoms with van der Waals surface area (Å²) in [5.74, 6) is -0.865. The summed E-state index contributed by atoms with van der Waals surface area (Å²) in [4.78, 5) is 12.0. The third-order valence-corrected chi connectivity index (χ3v) is 15.8. The Morgan fingerprint density at radius 2 is 1.47 bits per heavy atom. The van der Waals surface area contributed by atoms with Gasteiger partial charge in [-0.2, -0.15) is 0 Å². The lowest BCUT2D eigenvalue weighted by Crippen LogP contribution is -2.65. The largest absolute Gasteiger partial charge is 0.458 e. The van der Waals surface area contributed by atoms with Crippen molar-refractivity contribution in [2.24, 2.45) is 34.5 Å². The Labute approximate surface area is 331 Å². The molecule has 0 aromatic heterocycles. The first-order chi connectivity index (χ1) is 26.9. The number of esters is 1. The second kappa shape index (κ2) is 15.5. The Morgan fingerprint density at radius 3 is 2.18 bits per heavy atom. The first-order valence-electron chi connectivity index (χ1n) is 20.8. The van der Waals surface area contributed by atoms with Gasteiger partial charge in [-0.1, -0.05) is 13.8 Å². The minimum absolute atomic E-state index is 0.0613. The molecule has 17 nitrogen and oxygen atoms in total. The molecule has 23 atom stereocenters. The summed E-state index contributed by atoms with van der Waals surface area (Å²) in [7, 11) is 0. The van der Waals surface area contributed by atoms with Crippen LogP contribution in [0.25, 0.3) is 0 Å². The number of carbonyl (C=O) groups is 1. The van der Waals surface area contributed by atoms with E-state index in [4.69, 9.17) is 33.2 Å². The quantitative estimate of drug-likeness (QED) is 0.107. The average molecular weight is 815 g/mol. The van der Waals surface area contributed by atoms with Gasteiger partial charge in [0.2, 0.25) is 0 Å². The predicted octanol–water partition coefficient (Wildman–Crippen LogP) is -1.26. The van der Waals surface area contributed by atoms with Crippen molar-refractivity contribution in [3.8, 4) is 0 Å². The second-order valence-corrected chi connectivity index (χ2v) is 18.8. The van der Waals surface area contributed by atoms with Crippen LogP contribution < -0.4 is 0 Å². The molecule has 4 aliphatic carbocycles. The topological polar surface area (TPSA) is 264 Å². The van der Waals surface area contributed by atoms with E-state index in [9.17, 15) is 50.8 Å². The van der Waals surface area contributed by atoms with Crippen LogP contribution in [0.2, 0.25) is 0 Å². The van der Waals surface area contributed by atoms with Crippen LogP contribution in [-0.2, 0) is 38.0 Å². The van der Waals surface area contributed by atoms with E-state index >= 15 is 0 Å². The summed E-state index contributed by atoms with van der Waals surface area (Å²) >= 11 is 0. The first kappa shape index (κ1) is 42.3. The average Bonchev–Trinajstić information content (AvgIpc) is 3.65. The van der Waals surface area contributed by atoms with Gasteiger partial charge in [0, 0.05) is 23.8 Å². The van der Waals surface area contributed by atoms with Crippen LogP contribution in [0.3, 0.4) is 0 Å². The third kappa shape index (κ3) is 6.84. The van der Waals surface area contributed by atoms with Crippen LogP contribution in [0.15, 0.2) is 11.6 Å². The van der Waals surface area contributed by atoms with Gasteiger partial charge in [-0.25, -0.2) is 4.79 Å². The molecule has 0 aromatic carbocycles. The van der Waals surface area contributed by atoms with Gasteiger partial charge in [-0.05, 0) is 87.5 Å². The van der Waals surface area contributed by atoms with E-state index in [-0.39, 0.29) is 48.9 Å². The number of ether oxygens (including phenoxy) is 7. The van der Waals surface area contributed by atoms with E-state index < -0.39 is 115 Å². The molecule has 4 heterocycles. The van der Waals surface area contributed by atoms with Crippen LogP contribution >= 0.6 is 0 Å². The highest BCUT2D eigenvalue weighted by Gasteiger charge is 2.74. The lowest BCUT2D eigenvalue weighted by molar-refractivity contribution is -0.354. The van der Waals surface area contributed by atoms with Crippen LogP contribution in [0.4, 0.5) is 0 Å². The Balaban J connectivity index is 0.846. The number of aliphatic hydroxyl groups excluding tert-OH is 8. The highest BCUT2D eigenvalue weighted by molar-refractivity contribution is 5.85. The molecule has 8 rings (SSSR count). The SMILES string of the molecule is C[C@@H]1O[C@@H](O[C@@H]2CO[C@@H](O[C@H]3[C@@H](O)C[C@H](O[C@H]4CC[C@@]5(C)[C@@H](CC[C@@H]6[C@@H]5CC[C@]5(C)[C@@H](C7=CC(=O)OC7)[C@H](O)[C@@H](O)[C@]65O)C4)O[C@@H]3C)[C@H](O)[C@H]2O)[C@H](O)[C@H](O)[C@H]1O. The summed E-state index contributed by atoms with van der Waals surface area (Å²) in [5.41, 5.74) is -1.85. The zero-order chi connectivity index (χ0) is 40.9. The van der Waals surface area contributed by atoms with Crippen molar-refractivity contribution in [1.29, 1.82) is 0 Å². The molecule has 0 unspecified atom stereocenters. The van der Waals surface area contributed by atoms with Gasteiger partial charge in [0.1, 0.15) is 61.0 Å². The number of hydrogen-bond acceptors (Lipinski definition) is 17. The maximum atomic E-state index is 12.6. The zero-order valence-corrected chi connectivity index (χ0v) is 33.0. The van der Waals surface area contributed by atoms with Crippen molar-refractivity contribution in [1.82, 2.24) is 0 Å². The van der Waals surface area contributed by atoms with Gasteiger partial charge in [0.25, 0.3) is 0 Å². The van der Waals surface area contributed by atoms with E-state index in [0.29, 0.717) is 18.4 Å². The van der Waals surface area contributed by atoms with Crippen molar-refractivity contribution >= 4 is 5.97 Å². The highest BCUT2D eigenvalue weighted by Crippen LogP contribution is 2.70. The maximum Gasteiger partial charge on any atom is 0.331 e. The summed E-state index contributed by atoms with van der Waals surface area (Å²) in [6.07, 6.45) is -11.7. The van der Waals surface area contributed by atoms with Gasteiger partial charge in [-0.15, -0.1) is 0 Å². The third-order valence-electron chi connectivity index (χ3n) is 15.8. The Kier molecular flexibility index (Phi) is 11.5. The summed E-state index contributed by atoms with van der Waals surface area (Å²) in [6, 6.07) is 0. The van der Waals surface area contributed by atoms with Gasteiger partial charge in [0.05, 0.1) is 37.1 Å². The summed E-state index contributed by atoms with van der Waals surface area (Å²) < 4.78 is 40.6. The number of carbonyl (C=O) groups excluding carboxylic acids is 1. The molecule has 0 amide bonds. The molecule has 4 saturated carbocycles. The fourth-order valence-corrected chi connectivity index (χ4v) is 12.6. The number of rotatable bonds is 7. The van der Waals surface area contributed by atoms with Crippen LogP contribution in [-0.4, -0.2) is 169 Å². The van der Waals surface area contributed by atoms with Crippen LogP contribution in [0.1, 0.15) is 79.1 Å². The fraction of sp³-hybridized carbons (Fsp3) is 0.925. The Hall–Kier alpha value is -1.39. The number of hydrogen-bond donors (Lipinski definition) is 9. The molecular weight excluding hydrogens is 752 g/mol. The van der Waals surface area contributed by atoms with Crippen molar-refractivity contribution in [3.05, 3.63) is 11.6 Å². The van der Waals surface area contributed by atoms with Gasteiger partial charge < -0.3 is 79.1 Å². The van der Waals surface area contributed by atoms with Crippen molar-refractivity contribution in [2.75, 3.05) is 13.2 Å². The van der Waals surface area contributed by atoms with E-state index in [0.717, 1.165) is 32.1 Å². The molecule has 17 heteroatoms. The highest BCUT2D eigenvalue weighted by atomic mass is 16.7. The van der Waals surface area contributed by atoms with Crippen LogP contribution in [0.5, 0.6) is 0 Å². The lowest BCUT2D eigenvalue weighted by atomic mass is 9.43. The van der Waals surface area contributed by atoms with Crippen LogP contribution in [0, 0.1) is 34.5 Å². The lowest BCUT2D eigenvalue weighted by Gasteiger charge is -2.64. The number of cyclic esters (lactones) is 1. The molecule has 3 saturated heterocycles. The zero-order valence-electron chi connectivity index (χ0n) is 33.0. The normalized spacial score (nSPS) is 56.6. The smallest absolute Gasteiger partial charge is 0.331 e. The Morgan fingerprint density at radius 1 is 0.737 bits per heavy atom. The number of fused-ring (bicyclic) bond motifs is 5. The second-order valence-electron chi connectivity index (χ2n) is 18.8. The first-order valence-corrected chi connectivity index (χ1v) is 20.8. The summed E-state index contributed by atoms with van der Waals surface area (Å²) in [6.45, 7) is 7.25. The molecule has 8 aliphatic rings. The molecule has 57 heavy (non-hydrogen) atoms. The minimum atomic E-state index is -1.61. The number of aliphatic hydroxyl groups is 9. The summed E-state index contributed by atoms with van der Waals surface area (Å²) in [5, 5.41) is 98.8. The van der Waals surface area contributed by atoms with Gasteiger partial charge in [0.15, 0.2) is 18.9 Å². The van der Waals surface area contributed by atoms with E-state index in [1.165, 1.54) is 13.0 Å². The maximum absolute atomic E-state index is 12.6. The van der Waals surface area contributed by atoms with E-state index in [2.05, 4.69) is 6.92 Å². The monoisotopic (exact) mass is 814 g/mol. The molecule has 0 aromatic rings. The molecule has 4 aliphatic heterocycles. The molecule has 9 N–H and O–H groups in total. The molecule has 7 fully saturated rings. The fourth-order valence-electron chi connectivity index (χ4n) is 12.6. The minimum Gasteiger partial charge on any atom is -0.458 e. The molecule has 324 valence electrons. The molecule has 0 radical (unpaired) electrons. The molecule has 0 spiro atoms. The van der Waals surface area contributed by atoms with Crippen molar-refractivity contribution in [2.45, 2.75) is 183 Å². The predicted molar refractivity (Wildman–Crippen MR) is 192 cm³/mol. The standard InChI is InChI=1S/C40H62O17/c1-16-28(43)31(46)33(48)37(54-16)56-24-15-52-36(32(47)29(24)44)57-34-17(2)53-26(13-23(34)41)55-20-7-9-38(3)19(12-20)5-6-22-21(38)8-10-39(4)27(18-11-25(42)51-14-18)30(45)35(49)40(22,39)50/h11,16-17,19-24,26-37,41,43-50H,5-10,12-15H2,1-4H3/t16-,17+,19-,20-,21-,22+,23-,24+,26-,27-,28-,29-,30-,31+,32+,33+,34+,35+,36-,37-,38-,39+,40+/m0/s1. The van der Waals surface area contributed by atoms with Gasteiger partial charge >= 0.3 is 5.97 Å². The van der Waals surface area contributed by atoms with E-state index in [1.807, 2.05) is 6.92 Å². The van der Waals surface area contributed by atoms with Crippen molar-refractivity contribution < 1.29 is 83.9 Å². The van der Waals surface area contributed by atoms with E-state index in [1.54, 1.807) is 6.92 Å².